The van der Waals surface area contributed by atoms with Gasteiger partial charge in [-0.1, -0.05) is 11.8 Å². The summed E-state index contributed by atoms with van der Waals surface area (Å²) in [5, 5.41) is 2.96. The second kappa shape index (κ2) is 8.30. The monoisotopic (exact) mass is 390 g/mol. The summed E-state index contributed by atoms with van der Waals surface area (Å²) in [4.78, 5) is 15.2. The first kappa shape index (κ1) is 19.0. The lowest BCUT2D eigenvalue weighted by Crippen LogP contribution is -2.43. The van der Waals surface area contributed by atoms with Crippen LogP contribution < -0.4 is 29.2 Å². The molecule has 1 amide bonds. The predicted molar refractivity (Wildman–Crippen MR) is 104 cm³/mol. The van der Waals surface area contributed by atoms with Crippen molar-refractivity contribution in [2.45, 2.75) is 10.4 Å². The number of hydrogen-bond acceptors (Lipinski definition) is 7. The van der Waals surface area contributed by atoms with Crippen molar-refractivity contribution in [1.29, 1.82) is 0 Å². The van der Waals surface area contributed by atoms with Crippen LogP contribution in [0.3, 0.4) is 0 Å². The minimum Gasteiger partial charge on any atom is -0.497 e. The van der Waals surface area contributed by atoms with E-state index in [1.54, 1.807) is 45.6 Å². The number of carbonyl (C=O) groups is 1. The molecule has 1 heterocycles. The molecule has 0 spiro atoms. The maximum Gasteiger partial charge on any atom is 0.260 e. The van der Waals surface area contributed by atoms with Crippen molar-refractivity contribution in [3.8, 4) is 23.0 Å². The molecule has 144 valence electrons. The lowest BCUT2D eigenvalue weighted by molar-refractivity contribution is -0.123. The first-order valence-corrected chi connectivity index (χ1v) is 9.16. The molecule has 0 unspecified atom stereocenters. The highest BCUT2D eigenvalue weighted by molar-refractivity contribution is 8.00. The average molecular weight is 390 g/mol. The van der Waals surface area contributed by atoms with Crippen LogP contribution in [0.15, 0.2) is 41.3 Å². The number of ether oxygens (including phenoxy) is 4. The molecule has 1 N–H and O–H groups in total. The van der Waals surface area contributed by atoms with Crippen LogP contribution in [-0.4, -0.2) is 46.4 Å². The molecule has 1 atom stereocenters. The predicted octanol–water partition coefficient (Wildman–Crippen LogP) is 2.73. The van der Waals surface area contributed by atoms with Gasteiger partial charge in [0.15, 0.2) is 12.1 Å². The number of methoxy groups -OCH3 is 3. The first-order valence-electron chi connectivity index (χ1n) is 8.28. The maximum atomic E-state index is 12.3. The van der Waals surface area contributed by atoms with Gasteiger partial charge in [0, 0.05) is 7.05 Å². The third-order valence-electron chi connectivity index (χ3n) is 4.15. The highest BCUT2D eigenvalue weighted by atomic mass is 32.2. The zero-order valence-corrected chi connectivity index (χ0v) is 16.5. The number of amides is 1. The van der Waals surface area contributed by atoms with E-state index in [2.05, 4.69) is 5.32 Å². The number of anilines is 1. The number of hydrogen-bond donors (Lipinski definition) is 1. The molecule has 7 nitrogen and oxygen atoms in total. The first-order chi connectivity index (χ1) is 13.1. The second-order valence-electron chi connectivity index (χ2n) is 5.76. The summed E-state index contributed by atoms with van der Waals surface area (Å²) >= 11 is 1.50. The smallest absolute Gasteiger partial charge is 0.260 e. The molecule has 27 heavy (non-hydrogen) atoms. The molecule has 1 aliphatic heterocycles. The topological polar surface area (TPSA) is 69.3 Å². The fourth-order valence-corrected chi connectivity index (χ4v) is 4.04. The SMILES string of the molecule is COc1ccc(OCC(=O)N[C@H]2Sc3c(OC)ccc(OC)c3N2C)cc1. The summed E-state index contributed by atoms with van der Waals surface area (Å²) in [6.07, 6.45) is 0. The van der Waals surface area contributed by atoms with Gasteiger partial charge in [0.2, 0.25) is 0 Å². The summed E-state index contributed by atoms with van der Waals surface area (Å²) in [5.41, 5.74) is 0.611. The number of rotatable bonds is 7. The quantitative estimate of drug-likeness (QED) is 0.780. The summed E-state index contributed by atoms with van der Waals surface area (Å²) < 4.78 is 21.5. The van der Waals surface area contributed by atoms with Crippen molar-refractivity contribution >= 4 is 23.4 Å². The Morgan fingerprint density at radius 1 is 1.00 bits per heavy atom. The number of benzene rings is 2. The zero-order valence-electron chi connectivity index (χ0n) is 15.6. The van der Waals surface area contributed by atoms with Gasteiger partial charge in [-0.2, -0.15) is 0 Å². The van der Waals surface area contributed by atoms with Crippen molar-refractivity contribution in [2.24, 2.45) is 0 Å². The number of carbonyl (C=O) groups excluding carboxylic acids is 1. The van der Waals surface area contributed by atoms with Gasteiger partial charge < -0.3 is 29.2 Å². The molecule has 0 aliphatic carbocycles. The Bertz CT molecular complexity index is 812. The molecule has 2 aromatic rings. The number of thioether (sulfide) groups is 1. The minimum absolute atomic E-state index is 0.0815. The van der Waals surface area contributed by atoms with Crippen molar-refractivity contribution < 1.29 is 23.7 Å². The molecule has 8 heteroatoms. The van der Waals surface area contributed by atoms with Crippen LogP contribution >= 0.6 is 11.8 Å². The van der Waals surface area contributed by atoms with Crippen LogP contribution in [0, 0.1) is 0 Å². The molecular formula is C19H22N2O5S. The maximum absolute atomic E-state index is 12.3. The largest absolute Gasteiger partial charge is 0.497 e. The van der Waals surface area contributed by atoms with Gasteiger partial charge in [-0.05, 0) is 36.4 Å². The van der Waals surface area contributed by atoms with Crippen LogP contribution in [0.5, 0.6) is 23.0 Å². The normalized spacial score (nSPS) is 15.1. The van der Waals surface area contributed by atoms with E-state index < -0.39 is 0 Å². The van der Waals surface area contributed by atoms with Crippen LogP contribution in [0.4, 0.5) is 5.69 Å². The number of nitrogens with one attached hydrogen (secondary N) is 1. The highest BCUT2D eigenvalue weighted by Gasteiger charge is 2.34. The summed E-state index contributed by atoms with van der Waals surface area (Å²) in [6, 6.07) is 10.8. The Kier molecular flexibility index (Phi) is 5.85. The van der Waals surface area contributed by atoms with Gasteiger partial charge in [0.25, 0.3) is 5.91 Å². The minimum atomic E-state index is -0.280. The van der Waals surface area contributed by atoms with E-state index in [4.69, 9.17) is 18.9 Å². The van der Waals surface area contributed by atoms with Crippen molar-refractivity contribution in [3.05, 3.63) is 36.4 Å². The van der Waals surface area contributed by atoms with Crippen LogP contribution in [0.2, 0.25) is 0 Å². The molecule has 0 radical (unpaired) electrons. The Morgan fingerprint density at radius 3 is 2.26 bits per heavy atom. The van der Waals surface area contributed by atoms with E-state index in [0.717, 1.165) is 27.8 Å². The molecule has 2 aromatic carbocycles. The van der Waals surface area contributed by atoms with Gasteiger partial charge in [0.05, 0.1) is 31.9 Å². The molecule has 0 saturated heterocycles. The van der Waals surface area contributed by atoms with E-state index in [9.17, 15) is 4.79 Å². The van der Waals surface area contributed by atoms with Gasteiger partial charge in [-0.15, -0.1) is 0 Å². The Hall–Kier alpha value is -2.74. The van der Waals surface area contributed by atoms with Gasteiger partial charge in [-0.25, -0.2) is 0 Å². The lowest BCUT2D eigenvalue weighted by atomic mass is 10.2. The number of fused-ring (bicyclic) bond motifs is 1. The molecule has 1 aliphatic rings. The fourth-order valence-electron chi connectivity index (χ4n) is 2.74. The highest BCUT2D eigenvalue weighted by Crippen LogP contribution is 2.51. The molecule has 3 rings (SSSR count). The van der Waals surface area contributed by atoms with Crippen molar-refractivity contribution in [3.63, 3.8) is 0 Å². The lowest BCUT2D eigenvalue weighted by Gasteiger charge is -2.23. The van der Waals surface area contributed by atoms with E-state index in [1.807, 2.05) is 24.1 Å². The Morgan fingerprint density at radius 2 is 1.63 bits per heavy atom. The molecule has 0 bridgehead atoms. The molecular weight excluding hydrogens is 368 g/mol. The van der Waals surface area contributed by atoms with Crippen LogP contribution in [0.1, 0.15) is 0 Å². The molecule has 0 fully saturated rings. The summed E-state index contributed by atoms with van der Waals surface area (Å²) in [5.74, 6) is 2.59. The van der Waals surface area contributed by atoms with Gasteiger partial charge in [-0.3, -0.25) is 4.79 Å². The average Bonchev–Trinajstić information content (AvgIpc) is 3.02. The summed E-state index contributed by atoms with van der Waals surface area (Å²) in [6.45, 7) is -0.0815. The fraction of sp³-hybridized carbons (Fsp3) is 0.316. The van der Waals surface area contributed by atoms with Gasteiger partial charge >= 0.3 is 0 Å². The van der Waals surface area contributed by atoms with E-state index in [0.29, 0.717) is 5.75 Å². The Labute approximate surface area is 162 Å². The van der Waals surface area contributed by atoms with Crippen LogP contribution in [0.25, 0.3) is 0 Å². The third kappa shape index (κ3) is 4.00. The van der Waals surface area contributed by atoms with E-state index >= 15 is 0 Å². The van der Waals surface area contributed by atoms with Gasteiger partial charge in [0.1, 0.15) is 23.0 Å². The zero-order chi connectivity index (χ0) is 19.4. The van der Waals surface area contributed by atoms with Crippen molar-refractivity contribution in [2.75, 3.05) is 39.9 Å². The van der Waals surface area contributed by atoms with Crippen LogP contribution in [-0.2, 0) is 4.79 Å². The number of nitrogens with zero attached hydrogens (tertiary/aromatic N) is 1. The molecule has 0 aromatic heterocycles. The Balaban J connectivity index is 1.63. The van der Waals surface area contributed by atoms with E-state index in [1.165, 1.54) is 11.8 Å². The van der Waals surface area contributed by atoms with Crippen molar-refractivity contribution in [1.82, 2.24) is 5.32 Å². The second-order valence-corrected chi connectivity index (χ2v) is 6.85. The third-order valence-corrected chi connectivity index (χ3v) is 5.43. The standard InChI is InChI=1S/C19H22N2O5S/c1-21-17-14(24-3)9-10-15(25-4)18(17)27-19(21)20-16(22)11-26-13-7-5-12(23-2)6-8-13/h5-10,19H,11H2,1-4H3,(H,20,22)/t19-/m1/s1. The van der Waals surface area contributed by atoms with E-state index in [-0.39, 0.29) is 18.0 Å². The molecule has 0 saturated carbocycles. The summed E-state index contributed by atoms with van der Waals surface area (Å²) in [7, 11) is 6.74.